The van der Waals surface area contributed by atoms with Gasteiger partial charge in [-0.25, -0.2) is 9.97 Å². The van der Waals surface area contributed by atoms with Gasteiger partial charge in [0.2, 0.25) is 0 Å². The van der Waals surface area contributed by atoms with Crippen molar-refractivity contribution in [1.82, 2.24) is 19.4 Å². The summed E-state index contributed by atoms with van der Waals surface area (Å²) in [6, 6.07) is 13.2. The fourth-order valence-corrected chi connectivity index (χ4v) is 3.58. The predicted octanol–water partition coefficient (Wildman–Crippen LogP) is 3.27. The largest absolute Gasteiger partial charge is 0.491 e. The fourth-order valence-electron chi connectivity index (χ4n) is 3.58. The molecule has 2 aromatic heterocycles. The van der Waals surface area contributed by atoms with Crippen LogP contribution in [0.1, 0.15) is 34.9 Å². The molecule has 29 heavy (non-hydrogen) atoms. The minimum absolute atomic E-state index is 0.0192. The summed E-state index contributed by atoms with van der Waals surface area (Å²) < 4.78 is 12.4. The molecule has 1 aromatic carbocycles. The molecule has 0 N–H and O–H groups in total. The summed E-state index contributed by atoms with van der Waals surface area (Å²) in [5.74, 6) is 1.55. The van der Waals surface area contributed by atoms with E-state index in [1.165, 1.54) is 0 Å². The smallest absolute Gasteiger partial charge is 0.254 e. The van der Waals surface area contributed by atoms with Gasteiger partial charge in [-0.05, 0) is 49.2 Å². The molecule has 150 valence electrons. The summed E-state index contributed by atoms with van der Waals surface area (Å²) in [4.78, 5) is 23.9. The molecule has 0 bridgehead atoms. The van der Waals surface area contributed by atoms with Gasteiger partial charge in [-0.15, -0.1) is 0 Å². The average Bonchev–Trinajstić information content (AvgIpc) is 3.46. The third kappa shape index (κ3) is 4.30. The van der Waals surface area contributed by atoms with Crippen LogP contribution in [0.2, 0.25) is 0 Å². The first-order valence-corrected chi connectivity index (χ1v) is 9.74. The van der Waals surface area contributed by atoms with Crippen molar-refractivity contribution in [3.05, 3.63) is 72.4 Å². The van der Waals surface area contributed by atoms with Crippen molar-refractivity contribution >= 4 is 5.91 Å². The van der Waals surface area contributed by atoms with E-state index in [9.17, 15) is 4.79 Å². The molecule has 1 atom stereocenters. The highest BCUT2D eigenvalue weighted by atomic mass is 16.5. The van der Waals surface area contributed by atoms with Gasteiger partial charge in [0, 0.05) is 31.6 Å². The summed E-state index contributed by atoms with van der Waals surface area (Å²) in [5.41, 5.74) is 1.56. The second-order valence-electron chi connectivity index (χ2n) is 6.91. The Morgan fingerprint density at radius 3 is 2.79 bits per heavy atom. The highest BCUT2D eigenvalue weighted by Gasteiger charge is 2.31. The van der Waals surface area contributed by atoms with Gasteiger partial charge in [0.15, 0.2) is 0 Å². The van der Waals surface area contributed by atoms with Gasteiger partial charge in [-0.2, -0.15) is 0 Å². The van der Waals surface area contributed by atoms with Crippen LogP contribution in [-0.2, 0) is 4.74 Å². The lowest BCUT2D eigenvalue weighted by Crippen LogP contribution is -2.31. The zero-order valence-corrected chi connectivity index (χ0v) is 16.4. The maximum atomic E-state index is 13.1. The number of amides is 1. The Morgan fingerprint density at radius 2 is 2.03 bits per heavy atom. The maximum Gasteiger partial charge on any atom is 0.254 e. The summed E-state index contributed by atoms with van der Waals surface area (Å²) in [6.07, 6.45) is 7.18. The maximum absolute atomic E-state index is 13.1. The molecule has 0 aliphatic carbocycles. The van der Waals surface area contributed by atoms with Crippen LogP contribution < -0.4 is 4.74 Å². The van der Waals surface area contributed by atoms with Crippen molar-refractivity contribution in [3.8, 4) is 11.6 Å². The summed E-state index contributed by atoms with van der Waals surface area (Å²) in [7, 11) is 1.64. The van der Waals surface area contributed by atoms with E-state index >= 15 is 0 Å². The van der Waals surface area contributed by atoms with Gasteiger partial charge in [-0.1, -0.05) is 6.07 Å². The number of methoxy groups -OCH3 is 1. The minimum Gasteiger partial charge on any atom is -0.491 e. The quantitative estimate of drug-likeness (QED) is 0.577. The van der Waals surface area contributed by atoms with Crippen LogP contribution in [0.15, 0.2) is 61.2 Å². The number of benzene rings is 1. The van der Waals surface area contributed by atoms with Crippen molar-refractivity contribution in [2.45, 2.75) is 18.9 Å². The Morgan fingerprint density at radius 1 is 1.17 bits per heavy atom. The molecule has 3 aromatic rings. The van der Waals surface area contributed by atoms with Crippen LogP contribution in [0.5, 0.6) is 5.75 Å². The lowest BCUT2D eigenvalue weighted by Gasteiger charge is -2.25. The number of nitrogens with zero attached hydrogens (tertiary/aromatic N) is 4. The number of hydrogen-bond donors (Lipinski definition) is 0. The van der Waals surface area contributed by atoms with E-state index in [1.807, 2.05) is 58.1 Å². The van der Waals surface area contributed by atoms with Crippen LogP contribution >= 0.6 is 0 Å². The molecule has 0 radical (unpaired) electrons. The molecule has 0 spiro atoms. The van der Waals surface area contributed by atoms with Crippen molar-refractivity contribution in [2.75, 3.05) is 26.9 Å². The Kier molecular flexibility index (Phi) is 5.86. The molecular weight excluding hydrogens is 368 g/mol. The Hall–Kier alpha value is -3.19. The molecule has 0 unspecified atom stereocenters. The average molecular weight is 392 g/mol. The predicted molar refractivity (Wildman–Crippen MR) is 108 cm³/mol. The summed E-state index contributed by atoms with van der Waals surface area (Å²) >= 11 is 0. The zero-order chi connectivity index (χ0) is 20.1. The van der Waals surface area contributed by atoms with E-state index in [-0.39, 0.29) is 11.9 Å². The van der Waals surface area contributed by atoms with E-state index in [4.69, 9.17) is 14.5 Å². The third-order valence-corrected chi connectivity index (χ3v) is 5.04. The second kappa shape index (κ2) is 8.87. The first-order valence-electron chi connectivity index (χ1n) is 9.74. The van der Waals surface area contributed by atoms with Gasteiger partial charge in [0.25, 0.3) is 5.91 Å². The van der Waals surface area contributed by atoms with Gasteiger partial charge >= 0.3 is 0 Å². The van der Waals surface area contributed by atoms with Crippen LogP contribution in [0.4, 0.5) is 0 Å². The normalized spacial score (nSPS) is 16.2. The number of carbonyl (C=O) groups is 1. The molecule has 1 amide bonds. The van der Waals surface area contributed by atoms with E-state index in [0.29, 0.717) is 18.8 Å². The standard InChI is InChI=1S/C22H24N4O3/c1-28-14-15-29-18-9-7-17(8-10-18)22(27)26-12-3-5-20(26)19-4-2-6-21(24-19)25-13-11-23-16-25/h2,4,6-11,13,16,20H,3,5,12,14-15H2,1H3/t20-/m1/s1. The zero-order valence-electron chi connectivity index (χ0n) is 16.4. The van der Waals surface area contributed by atoms with E-state index in [2.05, 4.69) is 4.98 Å². The first kappa shape index (κ1) is 19.1. The molecule has 7 heteroatoms. The first-order chi connectivity index (χ1) is 14.3. The number of rotatable bonds is 7. The van der Waals surface area contributed by atoms with Crippen LogP contribution in [0.25, 0.3) is 5.82 Å². The Balaban J connectivity index is 1.50. The number of aromatic nitrogens is 3. The highest BCUT2D eigenvalue weighted by Crippen LogP contribution is 2.32. The van der Waals surface area contributed by atoms with Gasteiger partial charge in [-0.3, -0.25) is 9.36 Å². The van der Waals surface area contributed by atoms with Crippen LogP contribution in [-0.4, -0.2) is 52.2 Å². The molecule has 3 heterocycles. The number of hydrogen-bond acceptors (Lipinski definition) is 5. The lowest BCUT2D eigenvalue weighted by molar-refractivity contribution is 0.0733. The highest BCUT2D eigenvalue weighted by molar-refractivity contribution is 5.94. The molecule has 1 saturated heterocycles. The number of pyridine rings is 1. The minimum atomic E-state index is -0.0244. The van der Waals surface area contributed by atoms with Gasteiger partial charge < -0.3 is 14.4 Å². The van der Waals surface area contributed by atoms with Crippen molar-refractivity contribution in [2.24, 2.45) is 0 Å². The number of likely N-dealkylation sites (tertiary alicyclic amines) is 1. The summed E-state index contributed by atoms with van der Waals surface area (Å²) in [5, 5.41) is 0. The van der Waals surface area contributed by atoms with Crippen LogP contribution in [0, 0.1) is 0 Å². The SMILES string of the molecule is COCCOc1ccc(C(=O)N2CCC[C@@H]2c2cccc(-n3ccnc3)n2)cc1. The number of carbonyl (C=O) groups excluding carboxylic acids is 1. The Labute approximate surface area is 169 Å². The number of imidazole rings is 1. The second-order valence-corrected chi connectivity index (χ2v) is 6.91. The molecule has 0 saturated carbocycles. The number of ether oxygens (including phenoxy) is 2. The Bertz CT molecular complexity index is 941. The monoisotopic (exact) mass is 392 g/mol. The van der Waals surface area contributed by atoms with Crippen LogP contribution in [0.3, 0.4) is 0 Å². The lowest BCUT2D eigenvalue weighted by atomic mass is 10.1. The third-order valence-electron chi connectivity index (χ3n) is 5.04. The molecule has 1 fully saturated rings. The molecule has 1 aliphatic heterocycles. The topological polar surface area (TPSA) is 69.5 Å². The van der Waals surface area contributed by atoms with E-state index in [1.54, 1.807) is 19.6 Å². The molecule has 1 aliphatic rings. The fraction of sp³-hybridized carbons (Fsp3) is 0.318. The van der Waals surface area contributed by atoms with Gasteiger partial charge in [0.05, 0.1) is 18.3 Å². The van der Waals surface area contributed by atoms with E-state index < -0.39 is 0 Å². The summed E-state index contributed by atoms with van der Waals surface area (Å²) in [6.45, 7) is 1.74. The van der Waals surface area contributed by atoms with Gasteiger partial charge in [0.1, 0.15) is 24.5 Å². The van der Waals surface area contributed by atoms with Crippen molar-refractivity contribution < 1.29 is 14.3 Å². The molecular formula is C22H24N4O3. The molecule has 7 nitrogen and oxygen atoms in total. The van der Waals surface area contributed by atoms with E-state index in [0.717, 1.165) is 36.6 Å². The molecule has 4 rings (SSSR count). The van der Waals surface area contributed by atoms with Crippen molar-refractivity contribution in [3.63, 3.8) is 0 Å². The van der Waals surface area contributed by atoms with Crippen molar-refractivity contribution in [1.29, 1.82) is 0 Å².